The van der Waals surface area contributed by atoms with Crippen LogP contribution in [0.5, 0.6) is 23.0 Å². The van der Waals surface area contributed by atoms with Crippen LogP contribution in [0.1, 0.15) is 12.5 Å². The van der Waals surface area contributed by atoms with E-state index in [1.54, 1.807) is 0 Å². The zero-order valence-electron chi connectivity index (χ0n) is 21.6. The summed E-state index contributed by atoms with van der Waals surface area (Å²) < 4.78 is 18.3. The van der Waals surface area contributed by atoms with Crippen LogP contribution in [0.15, 0.2) is 127 Å². The maximum atomic E-state index is 6.79. The number of hydrogen-bond donors (Lipinski definition) is 0. The molecule has 0 spiro atoms. The first kappa shape index (κ1) is 21.7. The maximum Gasteiger partial charge on any atom is 0.180 e. The Morgan fingerprint density at radius 1 is 0.550 bits per heavy atom. The van der Waals surface area contributed by atoms with Crippen molar-refractivity contribution in [1.82, 2.24) is 9.13 Å². The molecule has 40 heavy (non-hydrogen) atoms. The lowest BCUT2D eigenvalue weighted by Crippen LogP contribution is -2.07. The number of rotatable bonds is 2. The summed E-state index contributed by atoms with van der Waals surface area (Å²) in [5, 5.41) is 4.46. The summed E-state index contributed by atoms with van der Waals surface area (Å²) in [7, 11) is 0. The van der Waals surface area contributed by atoms with E-state index in [0.717, 1.165) is 67.8 Å². The summed E-state index contributed by atoms with van der Waals surface area (Å²) in [5.74, 6) is 3.02. The summed E-state index contributed by atoms with van der Waals surface area (Å²) in [4.78, 5) is 0. The molecule has 2 aliphatic rings. The van der Waals surface area contributed by atoms with Crippen LogP contribution in [0.4, 0.5) is 0 Å². The first-order valence-corrected chi connectivity index (χ1v) is 13.7. The highest BCUT2D eigenvalue weighted by Gasteiger charge is 2.29. The van der Waals surface area contributed by atoms with Gasteiger partial charge in [0.15, 0.2) is 23.0 Å². The van der Waals surface area contributed by atoms with Gasteiger partial charge in [-0.1, -0.05) is 78.9 Å². The van der Waals surface area contributed by atoms with Crippen LogP contribution >= 0.6 is 0 Å². The van der Waals surface area contributed by atoms with Gasteiger partial charge in [0.05, 0.1) is 33.4 Å². The molecule has 190 valence electrons. The van der Waals surface area contributed by atoms with Gasteiger partial charge in [-0.2, -0.15) is 0 Å². The third-order valence-electron chi connectivity index (χ3n) is 8.27. The molecule has 0 fully saturated rings. The molecule has 4 heteroatoms. The molecule has 0 radical (unpaired) electrons. The highest BCUT2D eigenvalue weighted by Crippen LogP contribution is 2.54. The number of nitrogens with zero attached hydrogens (tertiary/aromatic N) is 2. The highest BCUT2D eigenvalue weighted by molar-refractivity contribution is 6.15. The van der Waals surface area contributed by atoms with Gasteiger partial charge in [-0.15, -0.1) is 0 Å². The van der Waals surface area contributed by atoms with Crippen LogP contribution in [0.2, 0.25) is 0 Å². The second-order valence-electron chi connectivity index (χ2n) is 10.5. The smallest absolute Gasteiger partial charge is 0.180 e. The summed E-state index contributed by atoms with van der Waals surface area (Å²) in [6.07, 6.45) is 9.73. The van der Waals surface area contributed by atoms with Crippen LogP contribution in [0.25, 0.3) is 49.3 Å². The first-order chi connectivity index (χ1) is 19.9. The van der Waals surface area contributed by atoms with Crippen LogP contribution in [-0.4, -0.2) is 9.13 Å². The fourth-order valence-electron chi connectivity index (χ4n) is 6.60. The Kier molecular flexibility index (Phi) is 4.41. The van der Waals surface area contributed by atoms with E-state index in [4.69, 9.17) is 9.47 Å². The van der Waals surface area contributed by atoms with Crippen molar-refractivity contribution in [2.45, 2.75) is 12.5 Å². The number of para-hydroxylation sites is 3. The average Bonchev–Trinajstić information content (AvgIpc) is 3.54. The third kappa shape index (κ3) is 2.90. The molecule has 1 atom stereocenters. The molecule has 0 bridgehead atoms. The molecule has 0 amide bonds. The fourth-order valence-corrected chi connectivity index (χ4v) is 6.60. The molecule has 1 aliphatic heterocycles. The van der Waals surface area contributed by atoms with Crippen LogP contribution in [-0.2, 0) is 0 Å². The van der Waals surface area contributed by atoms with Crippen molar-refractivity contribution in [1.29, 1.82) is 0 Å². The van der Waals surface area contributed by atoms with Gasteiger partial charge >= 0.3 is 0 Å². The van der Waals surface area contributed by atoms with Crippen molar-refractivity contribution in [2.75, 3.05) is 0 Å². The predicted molar refractivity (Wildman–Crippen MR) is 162 cm³/mol. The van der Waals surface area contributed by atoms with E-state index < -0.39 is 0 Å². The Morgan fingerprint density at radius 2 is 1.18 bits per heavy atom. The second kappa shape index (κ2) is 8.14. The molecule has 0 saturated carbocycles. The average molecular weight is 517 g/mol. The lowest BCUT2D eigenvalue weighted by Gasteiger charge is -2.23. The molecule has 1 aliphatic carbocycles. The molecule has 0 saturated heterocycles. The summed E-state index contributed by atoms with van der Waals surface area (Å²) in [6, 6.07) is 36.3. The zero-order valence-corrected chi connectivity index (χ0v) is 21.6. The van der Waals surface area contributed by atoms with E-state index in [2.05, 4.69) is 124 Å². The predicted octanol–water partition coefficient (Wildman–Crippen LogP) is 9.85. The Hall–Kier alpha value is -5.22. The number of allylic oxidation sites excluding steroid dienone is 4. The molecule has 5 aromatic carbocycles. The van der Waals surface area contributed by atoms with E-state index in [1.165, 1.54) is 10.9 Å². The van der Waals surface area contributed by atoms with Crippen LogP contribution in [0.3, 0.4) is 0 Å². The number of benzene rings is 5. The molecular weight excluding hydrogens is 492 g/mol. The zero-order chi connectivity index (χ0) is 26.2. The van der Waals surface area contributed by atoms with Gasteiger partial charge in [-0.25, -0.2) is 0 Å². The molecular formula is C36H24N2O2. The van der Waals surface area contributed by atoms with Crippen molar-refractivity contribution in [3.05, 3.63) is 127 Å². The molecule has 2 aromatic heterocycles. The van der Waals surface area contributed by atoms with Crippen molar-refractivity contribution in [3.8, 4) is 28.7 Å². The standard InChI is InChI=1S/C36H24N2O2/c1-3-11-23(12-4-1)37-27-17-9-7-15-25(27)33-29(37)19-21-31-35(33)39-32-22-20-30-34(36(32)40-31)26-16-8-10-18-28(26)38(30)24-13-5-2-6-14-24/h1-13,15-22,24H,14H2. The lowest BCUT2D eigenvalue weighted by molar-refractivity contribution is 0.367. The van der Waals surface area contributed by atoms with E-state index >= 15 is 0 Å². The summed E-state index contributed by atoms with van der Waals surface area (Å²) in [5.41, 5.74) is 5.70. The Balaban J connectivity index is 1.29. The number of aromatic nitrogens is 2. The van der Waals surface area contributed by atoms with Gasteiger partial charge in [0.25, 0.3) is 0 Å². The monoisotopic (exact) mass is 516 g/mol. The Labute approximate surface area is 230 Å². The van der Waals surface area contributed by atoms with Gasteiger partial charge < -0.3 is 18.6 Å². The number of fused-ring (bicyclic) bond motifs is 10. The third-order valence-corrected chi connectivity index (χ3v) is 8.27. The SMILES string of the molecule is C1=CCC(n2c3ccccc3c3c4c(ccc32)Oc2c(ccc3c2c2ccccc2n3-c2ccccc2)O4)C=C1. The van der Waals surface area contributed by atoms with Crippen molar-refractivity contribution in [2.24, 2.45) is 0 Å². The quantitative estimate of drug-likeness (QED) is 0.229. The van der Waals surface area contributed by atoms with E-state index in [0.29, 0.717) is 0 Å². The van der Waals surface area contributed by atoms with Gasteiger partial charge in [0.1, 0.15) is 0 Å². The van der Waals surface area contributed by atoms with Gasteiger partial charge in [0, 0.05) is 22.0 Å². The van der Waals surface area contributed by atoms with Gasteiger partial charge in [-0.3, -0.25) is 0 Å². The fraction of sp³-hybridized carbons (Fsp3) is 0.0556. The van der Waals surface area contributed by atoms with Crippen LogP contribution < -0.4 is 9.47 Å². The normalized spacial score (nSPS) is 15.8. The maximum absolute atomic E-state index is 6.79. The molecule has 4 nitrogen and oxygen atoms in total. The first-order valence-electron chi connectivity index (χ1n) is 13.7. The minimum atomic E-state index is 0.256. The summed E-state index contributed by atoms with van der Waals surface area (Å²) >= 11 is 0. The molecule has 1 unspecified atom stereocenters. The van der Waals surface area contributed by atoms with Crippen molar-refractivity contribution in [3.63, 3.8) is 0 Å². The Bertz CT molecular complexity index is 2200. The highest BCUT2D eigenvalue weighted by atomic mass is 16.6. The van der Waals surface area contributed by atoms with E-state index in [-0.39, 0.29) is 6.04 Å². The van der Waals surface area contributed by atoms with Crippen LogP contribution in [0, 0.1) is 0 Å². The minimum Gasteiger partial charge on any atom is -0.449 e. The van der Waals surface area contributed by atoms with Gasteiger partial charge in [-0.05, 0) is 55.0 Å². The number of ether oxygens (including phenoxy) is 2. The molecule has 7 aromatic rings. The largest absolute Gasteiger partial charge is 0.449 e. The Morgan fingerprint density at radius 3 is 1.90 bits per heavy atom. The minimum absolute atomic E-state index is 0.256. The van der Waals surface area contributed by atoms with E-state index in [1.807, 2.05) is 12.1 Å². The number of hydrogen-bond acceptors (Lipinski definition) is 2. The van der Waals surface area contributed by atoms with Crippen molar-refractivity contribution >= 4 is 43.6 Å². The molecule has 0 N–H and O–H groups in total. The second-order valence-corrected chi connectivity index (χ2v) is 10.5. The van der Waals surface area contributed by atoms with Crippen molar-refractivity contribution < 1.29 is 9.47 Å². The van der Waals surface area contributed by atoms with E-state index in [9.17, 15) is 0 Å². The topological polar surface area (TPSA) is 28.3 Å². The molecule has 3 heterocycles. The van der Waals surface area contributed by atoms with Gasteiger partial charge in [0.2, 0.25) is 0 Å². The summed E-state index contributed by atoms with van der Waals surface area (Å²) in [6.45, 7) is 0. The lowest BCUT2D eigenvalue weighted by atomic mass is 10.1. The molecule has 9 rings (SSSR count).